The molecule has 1 aliphatic rings. The first-order valence-corrected chi connectivity index (χ1v) is 5.58. The Morgan fingerprint density at radius 1 is 1.33 bits per heavy atom. The maximum atomic E-state index is 2.43. The van der Waals surface area contributed by atoms with Crippen molar-refractivity contribution in [3.63, 3.8) is 0 Å². The molecule has 3 atom stereocenters. The highest BCUT2D eigenvalue weighted by molar-refractivity contribution is 5.03. The fraction of sp³-hybridized carbons (Fsp3) is 1.00. The molecule has 1 aliphatic carbocycles. The van der Waals surface area contributed by atoms with E-state index < -0.39 is 0 Å². The third kappa shape index (κ3) is 1.41. The maximum Gasteiger partial charge on any atom is -0.0241 e. The lowest BCUT2D eigenvalue weighted by Gasteiger charge is -2.29. The minimum atomic E-state index is 0.739. The molecule has 1 fully saturated rings. The van der Waals surface area contributed by atoms with Crippen molar-refractivity contribution in [2.24, 2.45) is 23.2 Å². The molecule has 1 saturated carbocycles. The molecule has 0 amide bonds. The molecule has 0 radical (unpaired) electrons. The van der Waals surface area contributed by atoms with Crippen molar-refractivity contribution in [1.29, 1.82) is 0 Å². The predicted molar refractivity (Wildman–Crippen MR) is 55.1 cm³/mol. The quantitative estimate of drug-likeness (QED) is 0.592. The summed E-state index contributed by atoms with van der Waals surface area (Å²) in [6.07, 6.45) is 4.25. The van der Waals surface area contributed by atoms with Gasteiger partial charge >= 0.3 is 0 Å². The van der Waals surface area contributed by atoms with Crippen LogP contribution >= 0.6 is 0 Å². The van der Waals surface area contributed by atoms with Gasteiger partial charge in [0.15, 0.2) is 0 Å². The summed E-state index contributed by atoms with van der Waals surface area (Å²) in [5, 5.41) is 0. The molecule has 12 heavy (non-hydrogen) atoms. The minimum Gasteiger partial charge on any atom is -0.0651 e. The van der Waals surface area contributed by atoms with E-state index in [9.17, 15) is 0 Å². The van der Waals surface area contributed by atoms with Gasteiger partial charge in [-0.05, 0) is 36.0 Å². The summed E-state index contributed by atoms with van der Waals surface area (Å²) < 4.78 is 0. The summed E-state index contributed by atoms with van der Waals surface area (Å²) in [5.41, 5.74) is 0.739. The van der Waals surface area contributed by atoms with Crippen molar-refractivity contribution in [1.82, 2.24) is 0 Å². The normalized spacial score (nSPS) is 37.0. The molecule has 0 nitrogen and oxygen atoms in total. The Morgan fingerprint density at radius 2 is 1.83 bits per heavy atom. The third-order valence-corrected chi connectivity index (χ3v) is 4.15. The Balaban J connectivity index is 2.65. The van der Waals surface area contributed by atoms with Crippen LogP contribution in [0.5, 0.6) is 0 Å². The zero-order valence-electron chi connectivity index (χ0n) is 9.35. The summed E-state index contributed by atoms with van der Waals surface area (Å²) in [5.74, 6) is 2.84. The molecule has 0 aromatic rings. The van der Waals surface area contributed by atoms with Crippen LogP contribution in [0.2, 0.25) is 0 Å². The summed E-state index contributed by atoms with van der Waals surface area (Å²) in [6.45, 7) is 11.9. The second-order valence-corrected chi connectivity index (χ2v) is 4.95. The van der Waals surface area contributed by atoms with E-state index in [0.717, 1.165) is 23.2 Å². The molecule has 0 N–H and O–H groups in total. The Bertz CT molecular complexity index is 144. The summed E-state index contributed by atoms with van der Waals surface area (Å²) >= 11 is 0. The highest BCUT2D eigenvalue weighted by atomic mass is 14.6. The van der Waals surface area contributed by atoms with Crippen molar-refractivity contribution < 1.29 is 0 Å². The fourth-order valence-electron chi connectivity index (χ4n) is 3.32. The average molecular weight is 168 g/mol. The van der Waals surface area contributed by atoms with E-state index in [2.05, 4.69) is 34.6 Å². The number of hydrogen-bond acceptors (Lipinski definition) is 0. The molecular formula is C12H24. The monoisotopic (exact) mass is 168 g/mol. The molecule has 1 rings (SSSR count). The van der Waals surface area contributed by atoms with Gasteiger partial charge in [-0.3, -0.25) is 0 Å². The molecule has 0 saturated heterocycles. The van der Waals surface area contributed by atoms with Crippen LogP contribution in [0.3, 0.4) is 0 Å². The standard InChI is InChI=1S/C12H24/c1-6-11(9(3)4)12(7-2)8-10(12)5/h9-11H,6-8H2,1-5H3. The lowest BCUT2D eigenvalue weighted by atomic mass is 9.76. The molecule has 0 heteroatoms. The van der Waals surface area contributed by atoms with Gasteiger partial charge in [0.1, 0.15) is 0 Å². The largest absolute Gasteiger partial charge is 0.0651 e. The van der Waals surface area contributed by atoms with Gasteiger partial charge in [-0.2, -0.15) is 0 Å². The second-order valence-electron chi connectivity index (χ2n) is 4.95. The highest BCUT2D eigenvalue weighted by Crippen LogP contribution is 2.62. The van der Waals surface area contributed by atoms with Gasteiger partial charge < -0.3 is 0 Å². The fourth-order valence-corrected chi connectivity index (χ4v) is 3.32. The van der Waals surface area contributed by atoms with E-state index in [1.807, 2.05) is 0 Å². The molecule has 0 spiro atoms. The molecule has 3 unspecified atom stereocenters. The molecular weight excluding hydrogens is 144 g/mol. The van der Waals surface area contributed by atoms with Gasteiger partial charge in [0.25, 0.3) is 0 Å². The molecule has 0 aliphatic heterocycles. The molecule has 0 heterocycles. The van der Waals surface area contributed by atoms with Gasteiger partial charge in [-0.25, -0.2) is 0 Å². The first kappa shape index (κ1) is 10.1. The lowest BCUT2D eigenvalue weighted by Crippen LogP contribution is -2.21. The first-order chi connectivity index (χ1) is 5.58. The Hall–Kier alpha value is 0. The van der Waals surface area contributed by atoms with Gasteiger partial charge in [0.2, 0.25) is 0 Å². The molecule has 0 aromatic heterocycles. The summed E-state index contributed by atoms with van der Waals surface area (Å²) in [7, 11) is 0. The average Bonchev–Trinajstić information content (AvgIpc) is 2.64. The predicted octanol–water partition coefficient (Wildman–Crippen LogP) is 4.10. The van der Waals surface area contributed by atoms with Crippen molar-refractivity contribution in [2.75, 3.05) is 0 Å². The van der Waals surface area contributed by atoms with E-state index >= 15 is 0 Å². The number of rotatable bonds is 4. The number of hydrogen-bond donors (Lipinski definition) is 0. The van der Waals surface area contributed by atoms with Gasteiger partial charge in [-0.1, -0.05) is 41.0 Å². The Kier molecular flexibility index (Phi) is 2.85. The van der Waals surface area contributed by atoms with Crippen molar-refractivity contribution in [3.8, 4) is 0 Å². The molecule has 0 bridgehead atoms. The Morgan fingerprint density at radius 3 is 1.92 bits per heavy atom. The smallest absolute Gasteiger partial charge is 0.0241 e. The van der Waals surface area contributed by atoms with Crippen LogP contribution in [0.25, 0.3) is 0 Å². The topological polar surface area (TPSA) is 0 Å². The molecule has 0 aromatic carbocycles. The van der Waals surface area contributed by atoms with Crippen LogP contribution in [0.1, 0.15) is 53.9 Å². The summed E-state index contributed by atoms with van der Waals surface area (Å²) in [4.78, 5) is 0. The van der Waals surface area contributed by atoms with Crippen LogP contribution < -0.4 is 0 Å². The van der Waals surface area contributed by atoms with E-state index in [0.29, 0.717) is 0 Å². The maximum absolute atomic E-state index is 2.43. The highest BCUT2D eigenvalue weighted by Gasteiger charge is 2.54. The minimum absolute atomic E-state index is 0.739. The van der Waals surface area contributed by atoms with Crippen LogP contribution in [0.4, 0.5) is 0 Å². The van der Waals surface area contributed by atoms with E-state index in [-0.39, 0.29) is 0 Å². The van der Waals surface area contributed by atoms with Gasteiger partial charge in [0.05, 0.1) is 0 Å². The zero-order valence-corrected chi connectivity index (χ0v) is 9.35. The van der Waals surface area contributed by atoms with E-state index in [1.165, 1.54) is 19.3 Å². The van der Waals surface area contributed by atoms with Crippen molar-refractivity contribution in [2.45, 2.75) is 53.9 Å². The van der Waals surface area contributed by atoms with Crippen LogP contribution in [0, 0.1) is 23.2 Å². The molecule has 72 valence electrons. The van der Waals surface area contributed by atoms with Crippen molar-refractivity contribution >= 4 is 0 Å². The second kappa shape index (κ2) is 3.40. The van der Waals surface area contributed by atoms with E-state index in [1.54, 1.807) is 0 Å². The van der Waals surface area contributed by atoms with Gasteiger partial charge in [-0.15, -0.1) is 0 Å². The van der Waals surface area contributed by atoms with Crippen molar-refractivity contribution in [3.05, 3.63) is 0 Å². The van der Waals surface area contributed by atoms with Crippen LogP contribution in [-0.4, -0.2) is 0 Å². The van der Waals surface area contributed by atoms with E-state index in [4.69, 9.17) is 0 Å². The summed E-state index contributed by atoms with van der Waals surface area (Å²) in [6, 6.07) is 0. The first-order valence-electron chi connectivity index (χ1n) is 5.58. The van der Waals surface area contributed by atoms with Crippen LogP contribution in [-0.2, 0) is 0 Å². The zero-order chi connectivity index (χ0) is 9.35. The van der Waals surface area contributed by atoms with Crippen LogP contribution in [0.15, 0.2) is 0 Å². The van der Waals surface area contributed by atoms with Gasteiger partial charge in [0, 0.05) is 0 Å². The lowest BCUT2D eigenvalue weighted by molar-refractivity contribution is 0.199. The Labute approximate surface area is 77.7 Å². The SMILES string of the molecule is CCC(C(C)C)C1(CC)CC1C. The third-order valence-electron chi connectivity index (χ3n) is 4.15.